The minimum absolute atomic E-state index is 0.813. The molecule has 1 aromatic carbocycles. The van der Waals surface area contributed by atoms with Crippen molar-refractivity contribution in [3.8, 4) is 0 Å². The van der Waals surface area contributed by atoms with Gasteiger partial charge in [-0.2, -0.15) is 5.10 Å². The first-order valence-electron chi connectivity index (χ1n) is 6.69. The summed E-state index contributed by atoms with van der Waals surface area (Å²) in [5, 5.41) is 14.1. The fourth-order valence-corrected chi connectivity index (χ4v) is 2.24. The van der Waals surface area contributed by atoms with Crippen LogP contribution in [0.3, 0.4) is 0 Å². The van der Waals surface area contributed by atoms with E-state index in [-0.39, 0.29) is 0 Å². The zero-order valence-corrected chi connectivity index (χ0v) is 11.4. The van der Waals surface area contributed by atoms with Gasteiger partial charge in [0, 0.05) is 29.7 Å². The van der Waals surface area contributed by atoms with Crippen molar-refractivity contribution in [3.63, 3.8) is 0 Å². The molecule has 0 amide bonds. The first-order chi connectivity index (χ1) is 9.84. The van der Waals surface area contributed by atoms with Crippen LogP contribution in [0.5, 0.6) is 0 Å². The van der Waals surface area contributed by atoms with E-state index in [1.807, 2.05) is 31.3 Å². The van der Waals surface area contributed by atoms with E-state index in [0.717, 1.165) is 35.2 Å². The predicted octanol–water partition coefficient (Wildman–Crippen LogP) is 2.99. The minimum atomic E-state index is 0.813. The highest BCUT2D eigenvalue weighted by Crippen LogP contribution is 2.22. The molecule has 0 saturated carbocycles. The number of anilines is 1. The number of nitrogens with one attached hydrogen (secondary N) is 1. The van der Waals surface area contributed by atoms with Gasteiger partial charge in [0.15, 0.2) is 5.82 Å². The van der Waals surface area contributed by atoms with Crippen LogP contribution in [-0.2, 0) is 6.42 Å². The van der Waals surface area contributed by atoms with E-state index in [9.17, 15) is 0 Å². The lowest BCUT2D eigenvalue weighted by Crippen LogP contribution is -2.08. The van der Waals surface area contributed by atoms with Crippen molar-refractivity contribution >= 4 is 16.6 Å². The van der Waals surface area contributed by atoms with E-state index < -0.39 is 0 Å². The summed E-state index contributed by atoms with van der Waals surface area (Å²) in [7, 11) is 0. The number of hydrogen-bond acceptors (Lipinski definition) is 4. The number of aryl methyl sites for hydroxylation is 1. The molecule has 0 fully saturated rings. The van der Waals surface area contributed by atoms with Gasteiger partial charge < -0.3 is 5.32 Å². The van der Waals surface area contributed by atoms with E-state index in [2.05, 4.69) is 38.7 Å². The second-order valence-corrected chi connectivity index (χ2v) is 4.72. The van der Waals surface area contributed by atoms with Crippen molar-refractivity contribution in [1.29, 1.82) is 0 Å². The molecule has 0 unspecified atom stereocenters. The fourth-order valence-electron chi connectivity index (χ4n) is 2.24. The van der Waals surface area contributed by atoms with Crippen molar-refractivity contribution < 1.29 is 0 Å². The van der Waals surface area contributed by atoms with Gasteiger partial charge in [0.05, 0.1) is 5.69 Å². The third kappa shape index (κ3) is 2.59. The SMILES string of the molecule is Cc1nnc(NCCc2cccnc2)c2ccccc12. The zero-order chi connectivity index (χ0) is 13.8. The van der Waals surface area contributed by atoms with Crippen molar-refractivity contribution in [2.45, 2.75) is 13.3 Å². The van der Waals surface area contributed by atoms with Gasteiger partial charge in [-0.15, -0.1) is 5.10 Å². The van der Waals surface area contributed by atoms with Gasteiger partial charge in [-0.1, -0.05) is 30.3 Å². The molecule has 0 saturated heterocycles. The lowest BCUT2D eigenvalue weighted by atomic mass is 10.1. The fraction of sp³-hybridized carbons (Fsp3) is 0.188. The van der Waals surface area contributed by atoms with Crippen LogP contribution in [-0.4, -0.2) is 21.7 Å². The normalized spacial score (nSPS) is 10.7. The topological polar surface area (TPSA) is 50.7 Å². The quantitative estimate of drug-likeness (QED) is 0.787. The van der Waals surface area contributed by atoms with E-state index in [0.29, 0.717) is 0 Å². The molecule has 2 aromatic heterocycles. The number of fused-ring (bicyclic) bond motifs is 1. The maximum absolute atomic E-state index is 4.26. The van der Waals surface area contributed by atoms with Crippen LogP contribution in [0.25, 0.3) is 10.8 Å². The first-order valence-corrected chi connectivity index (χ1v) is 6.69. The number of hydrogen-bond donors (Lipinski definition) is 1. The van der Waals surface area contributed by atoms with Crippen LogP contribution in [0, 0.1) is 6.92 Å². The Hall–Kier alpha value is -2.49. The minimum Gasteiger partial charge on any atom is -0.368 e. The zero-order valence-electron chi connectivity index (χ0n) is 11.4. The van der Waals surface area contributed by atoms with Crippen LogP contribution in [0.4, 0.5) is 5.82 Å². The van der Waals surface area contributed by atoms with Gasteiger partial charge in [-0.3, -0.25) is 4.98 Å². The van der Waals surface area contributed by atoms with Gasteiger partial charge in [-0.25, -0.2) is 0 Å². The van der Waals surface area contributed by atoms with Gasteiger partial charge >= 0.3 is 0 Å². The molecule has 3 aromatic rings. The highest BCUT2D eigenvalue weighted by Gasteiger charge is 2.05. The second kappa shape index (κ2) is 5.65. The molecule has 100 valence electrons. The molecular formula is C16H16N4. The molecule has 4 nitrogen and oxygen atoms in total. The number of rotatable bonds is 4. The highest BCUT2D eigenvalue weighted by molar-refractivity contribution is 5.92. The van der Waals surface area contributed by atoms with Gasteiger partial charge in [0.1, 0.15) is 0 Å². The lowest BCUT2D eigenvalue weighted by molar-refractivity contribution is 0.955. The van der Waals surface area contributed by atoms with Crippen LogP contribution in [0.2, 0.25) is 0 Å². The predicted molar refractivity (Wildman–Crippen MR) is 80.7 cm³/mol. The number of pyridine rings is 1. The summed E-state index contributed by atoms with van der Waals surface area (Å²) in [5.74, 6) is 0.843. The third-order valence-electron chi connectivity index (χ3n) is 3.30. The summed E-state index contributed by atoms with van der Waals surface area (Å²) in [6.07, 6.45) is 4.59. The lowest BCUT2D eigenvalue weighted by Gasteiger charge is -2.09. The summed E-state index contributed by atoms with van der Waals surface area (Å²) in [6.45, 7) is 2.79. The summed E-state index contributed by atoms with van der Waals surface area (Å²) in [6, 6.07) is 12.2. The van der Waals surface area contributed by atoms with Crippen molar-refractivity contribution in [2.75, 3.05) is 11.9 Å². The van der Waals surface area contributed by atoms with Gasteiger partial charge in [-0.05, 0) is 25.0 Å². The summed E-state index contributed by atoms with van der Waals surface area (Å²) in [4.78, 5) is 4.12. The van der Waals surface area contributed by atoms with Crippen LogP contribution in [0.1, 0.15) is 11.3 Å². The molecule has 0 atom stereocenters. The monoisotopic (exact) mass is 264 g/mol. The number of benzene rings is 1. The van der Waals surface area contributed by atoms with Crippen LogP contribution >= 0.6 is 0 Å². The highest BCUT2D eigenvalue weighted by atomic mass is 15.2. The van der Waals surface area contributed by atoms with Gasteiger partial charge in [0.25, 0.3) is 0 Å². The maximum atomic E-state index is 4.26. The molecule has 0 aliphatic carbocycles. The average molecular weight is 264 g/mol. The van der Waals surface area contributed by atoms with Crippen molar-refractivity contribution in [1.82, 2.24) is 15.2 Å². The number of nitrogens with zero attached hydrogens (tertiary/aromatic N) is 3. The van der Waals surface area contributed by atoms with Crippen LogP contribution < -0.4 is 5.32 Å². The van der Waals surface area contributed by atoms with E-state index in [4.69, 9.17) is 0 Å². The summed E-state index contributed by atoms with van der Waals surface area (Å²) in [5.41, 5.74) is 2.17. The number of aromatic nitrogens is 3. The van der Waals surface area contributed by atoms with Gasteiger partial charge in [0.2, 0.25) is 0 Å². The first kappa shape index (κ1) is 12.5. The summed E-state index contributed by atoms with van der Waals surface area (Å²) >= 11 is 0. The Morgan fingerprint density at radius 2 is 1.85 bits per heavy atom. The molecule has 3 rings (SSSR count). The van der Waals surface area contributed by atoms with Crippen molar-refractivity contribution in [2.24, 2.45) is 0 Å². The van der Waals surface area contributed by atoms with E-state index in [1.165, 1.54) is 5.56 Å². The Balaban J connectivity index is 1.77. The molecule has 2 heterocycles. The molecule has 4 heteroatoms. The molecule has 0 aliphatic heterocycles. The third-order valence-corrected chi connectivity index (χ3v) is 3.30. The standard InChI is InChI=1S/C16H16N4/c1-12-14-6-2-3-7-15(14)16(20-19-12)18-10-8-13-5-4-9-17-11-13/h2-7,9,11H,8,10H2,1H3,(H,18,20). The van der Waals surface area contributed by atoms with Crippen molar-refractivity contribution in [3.05, 3.63) is 60.0 Å². The Morgan fingerprint density at radius 1 is 1.00 bits per heavy atom. The second-order valence-electron chi connectivity index (χ2n) is 4.72. The molecule has 1 N–H and O–H groups in total. The average Bonchev–Trinajstić information content (AvgIpc) is 2.51. The van der Waals surface area contributed by atoms with E-state index in [1.54, 1.807) is 6.20 Å². The largest absolute Gasteiger partial charge is 0.368 e. The molecule has 0 radical (unpaired) electrons. The molecule has 20 heavy (non-hydrogen) atoms. The molecule has 0 spiro atoms. The summed E-state index contributed by atoms with van der Waals surface area (Å²) < 4.78 is 0. The Morgan fingerprint density at radius 3 is 2.65 bits per heavy atom. The smallest absolute Gasteiger partial charge is 0.156 e. The Labute approximate surface area is 117 Å². The van der Waals surface area contributed by atoms with Crippen LogP contribution in [0.15, 0.2) is 48.8 Å². The Kier molecular flexibility index (Phi) is 3.54. The molecular weight excluding hydrogens is 248 g/mol. The van der Waals surface area contributed by atoms with E-state index >= 15 is 0 Å². The molecule has 0 aliphatic rings. The molecule has 0 bridgehead atoms. The Bertz CT molecular complexity index is 710. The maximum Gasteiger partial charge on any atom is 0.156 e.